The van der Waals surface area contributed by atoms with Crippen molar-refractivity contribution >= 4 is 34.9 Å². The van der Waals surface area contributed by atoms with Gasteiger partial charge in [-0.25, -0.2) is 4.31 Å². The third-order valence-electron chi connectivity index (χ3n) is 2.43. The molecule has 1 fully saturated rings. The molecule has 0 saturated carbocycles. The molecule has 0 unspecified atom stereocenters. The molecule has 0 atom stereocenters. The van der Waals surface area contributed by atoms with Gasteiger partial charge in [0.2, 0.25) is 0 Å². The van der Waals surface area contributed by atoms with Gasteiger partial charge >= 0.3 is 0 Å². The van der Waals surface area contributed by atoms with Gasteiger partial charge in [-0.1, -0.05) is 25.6 Å². The lowest BCUT2D eigenvalue weighted by Crippen LogP contribution is -2.32. The molecule has 0 aromatic heterocycles. The van der Waals surface area contributed by atoms with Crippen LogP contribution in [0.15, 0.2) is 0 Å². The quantitative estimate of drug-likeness (QED) is 0.702. The molecule has 1 rings (SSSR count). The van der Waals surface area contributed by atoms with E-state index in [9.17, 15) is 9.59 Å². The van der Waals surface area contributed by atoms with Gasteiger partial charge in [-0.2, -0.15) is 0 Å². The summed E-state index contributed by atoms with van der Waals surface area (Å²) in [4.78, 5) is 22.7. The molecule has 3 nitrogen and oxygen atoms in total. The van der Waals surface area contributed by atoms with Crippen molar-refractivity contribution in [1.82, 2.24) is 4.31 Å². The summed E-state index contributed by atoms with van der Waals surface area (Å²) >= 11 is 2.43. The first-order chi connectivity index (χ1) is 6.34. The molecular formula is C9H15NO2S2. The van der Waals surface area contributed by atoms with Crippen LogP contribution in [0.4, 0.5) is 4.79 Å². The number of rotatable bonds is 3. The van der Waals surface area contributed by atoms with Gasteiger partial charge in [-0.05, 0) is 31.7 Å². The molecule has 1 saturated heterocycles. The maximum Gasteiger partial charge on any atom is 0.299 e. The van der Waals surface area contributed by atoms with E-state index < -0.39 is 0 Å². The van der Waals surface area contributed by atoms with Crippen molar-refractivity contribution in [2.45, 2.75) is 32.4 Å². The molecule has 0 radical (unpaired) electrons. The summed E-state index contributed by atoms with van der Waals surface area (Å²) in [5, 5.41) is -0.131. The Balaban J connectivity index is 2.68. The van der Waals surface area contributed by atoms with E-state index in [-0.39, 0.29) is 15.9 Å². The third-order valence-corrected chi connectivity index (χ3v) is 4.86. The van der Waals surface area contributed by atoms with Gasteiger partial charge in [0.05, 0.1) is 5.75 Å². The second-order valence-corrected chi connectivity index (χ2v) is 6.62. The number of carbonyl (C=O) groups is 2. The lowest BCUT2D eigenvalue weighted by molar-refractivity contribution is -0.120. The topological polar surface area (TPSA) is 37.4 Å². The Labute approximate surface area is 93.1 Å². The molecule has 0 spiro atoms. The van der Waals surface area contributed by atoms with Crippen molar-refractivity contribution in [3.05, 3.63) is 0 Å². The van der Waals surface area contributed by atoms with E-state index in [1.165, 1.54) is 16.3 Å². The van der Waals surface area contributed by atoms with Gasteiger partial charge in [0.1, 0.15) is 0 Å². The Hall–Kier alpha value is -0.160. The van der Waals surface area contributed by atoms with Crippen LogP contribution in [-0.2, 0) is 4.79 Å². The van der Waals surface area contributed by atoms with E-state index in [1.807, 2.05) is 13.8 Å². The average Bonchev–Trinajstić information content (AvgIpc) is 2.35. The SMILES string of the molecule is CC(C)C(C)(C)SN1C(=O)CSC1=O. The number of hydrogen-bond donors (Lipinski definition) is 0. The predicted molar refractivity (Wildman–Crippen MR) is 61.2 cm³/mol. The molecule has 1 aliphatic rings. The molecule has 80 valence electrons. The van der Waals surface area contributed by atoms with Crippen LogP contribution in [0.5, 0.6) is 0 Å². The van der Waals surface area contributed by atoms with Crippen LogP contribution in [0.2, 0.25) is 0 Å². The highest BCUT2D eigenvalue weighted by molar-refractivity contribution is 8.16. The first-order valence-corrected chi connectivity index (χ1v) is 6.29. The lowest BCUT2D eigenvalue weighted by atomic mass is 10.00. The second kappa shape index (κ2) is 4.14. The Morgan fingerprint density at radius 2 is 2.00 bits per heavy atom. The van der Waals surface area contributed by atoms with Crippen LogP contribution in [-0.4, -0.2) is 26.0 Å². The smallest absolute Gasteiger partial charge is 0.272 e. The standard InChI is InChI=1S/C9H15NO2S2/c1-6(2)9(3,4)14-10-7(11)5-13-8(10)12/h6H,5H2,1-4H3. The van der Waals surface area contributed by atoms with Crippen molar-refractivity contribution in [3.8, 4) is 0 Å². The van der Waals surface area contributed by atoms with Crippen molar-refractivity contribution in [3.63, 3.8) is 0 Å². The number of nitrogens with zero attached hydrogens (tertiary/aromatic N) is 1. The fourth-order valence-corrected chi connectivity index (χ4v) is 2.64. The minimum Gasteiger partial charge on any atom is -0.272 e. The van der Waals surface area contributed by atoms with Crippen molar-refractivity contribution < 1.29 is 9.59 Å². The van der Waals surface area contributed by atoms with Crippen LogP contribution in [0, 0.1) is 5.92 Å². The molecule has 1 heterocycles. The molecule has 14 heavy (non-hydrogen) atoms. The number of thioether (sulfide) groups is 1. The number of hydrogen-bond acceptors (Lipinski definition) is 4. The molecule has 0 N–H and O–H groups in total. The van der Waals surface area contributed by atoms with Gasteiger partial charge in [0.15, 0.2) is 0 Å². The van der Waals surface area contributed by atoms with E-state index in [2.05, 4.69) is 13.8 Å². The van der Waals surface area contributed by atoms with Crippen LogP contribution in [0.3, 0.4) is 0 Å². The molecule has 1 aliphatic heterocycles. The lowest BCUT2D eigenvalue weighted by Gasteiger charge is -2.30. The molecular weight excluding hydrogens is 218 g/mol. The highest BCUT2D eigenvalue weighted by atomic mass is 32.2. The van der Waals surface area contributed by atoms with Gasteiger partial charge in [0.25, 0.3) is 11.1 Å². The monoisotopic (exact) mass is 233 g/mol. The summed E-state index contributed by atoms with van der Waals surface area (Å²) in [5.41, 5.74) is 0. The summed E-state index contributed by atoms with van der Waals surface area (Å²) < 4.78 is 1.21. The van der Waals surface area contributed by atoms with Crippen molar-refractivity contribution in [1.29, 1.82) is 0 Å². The van der Waals surface area contributed by atoms with Gasteiger partial charge in [-0.15, -0.1) is 0 Å². The maximum atomic E-state index is 11.3. The van der Waals surface area contributed by atoms with Crippen LogP contribution in [0.25, 0.3) is 0 Å². The van der Waals surface area contributed by atoms with E-state index in [0.29, 0.717) is 11.7 Å². The Bertz CT molecular complexity index is 248. The molecule has 5 heteroatoms. The highest BCUT2D eigenvalue weighted by Gasteiger charge is 2.36. The first-order valence-electron chi connectivity index (χ1n) is 4.53. The van der Waals surface area contributed by atoms with E-state index >= 15 is 0 Å². The highest BCUT2D eigenvalue weighted by Crippen LogP contribution is 2.38. The van der Waals surface area contributed by atoms with E-state index in [4.69, 9.17) is 0 Å². The Morgan fingerprint density at radius 3 is 2.36 bits per heavy atom. The maximum absolute atomic E-state index is 11.3. The third kappa shape index (κ3) is 2.45. The average molecular weight is 233 g/mol. The van der Waals surface area contributed by atoms with Gasteiger partial charge < -0.3 is 0 Å². The zero-order valence-corrected chi connectivity index (χ0v) is 10.5. The zero-order chi connectivity index (χ0) is 10.9. The Morgan fingerprint density at radius 1 is 1.43 bits per heavy atom. The van der Waals surface area contributed by atoms with Crippen molar-refractivity contribution in [2.24, 2.45) is 5.92 Å². The number of amides is 2. The van der Waals surface area contributed by atoms with Gasteiger partial charge in [-0.3, -0.25) is 9.59 Å². The second-order valence-electron chi connectivity index (χ2n) is 4.09. The summed E-state index contributed by atoms with van der Waals surface area (Å²) in [5.74, 6) is 0.623. The molecule has 0 bridgehead atoms. The summed E-state index contributed by atoms with van der Waals surface area (Å²) in [6.07, 6.45) is 0. The summed E-state index contributed by atoms with van der Waals surface area (Å²) in [6, 6.07) is 0. The number of carbonyl (C=O) groups excluding carboxylic acids is 2. The fourth-order valence-electron chi connectivity index (χ4n) is 0.771. The fraction of sp³-hybridized carbons (Fsp3) is 0.778. The normalized spacial score (nSPS) is 18.5. The van der Waals surface area contributed by atoms with Crippen LogP contribution in [0.1, 0.15) is 27.7 Å². The Kier molecular flexibility index (Phi) is 3.53. The van der Waals surface area contributed by atoms with Gasteiger partial charge in [0, 0.05) is 4.75 Å². The first kappa shape index (κ1) is 11.9. The number of imide groups is 1. The largest absolute Gasteiger partial charge is 0.299 e. The van der Waals surface area contributed by atoms with E-state index in [1.54, 1.807) is 0 Å². The molecule has 0 aromatic carbocycles. The zero-order valence-electron chi connectivity index (χ0n) is 8.86. The van der Waals surface area contributed by atoms with Crippen molar-refractivity contribution in [2.75, 3.05) is 5.75 Å². The van der Waals surface area contributed by atoms with Crippen LogP contribution >= 0.6 is 23.7 Å². The predicted octanol–water partition coefficient (Wildman–Crippen LogP) is 2.76. The van der Waals surface area contributed by atoms with Crippen LogP contribution < -0.4 is 0 Å². The molecule has 0 aliphatic carbocycles. The summed E-state index contributed by atoms with van der Waals surface area (Å²) in [7, 11) is 0. The minimum atomic E-state index is -0.131. The molecule has 0 aromatic rings. The van der Waals surface area contributed by atoms with E-state index in [0.717, 1.165) is 11.8 Å². The minimum absolute atomic E-state index is 0.0845. The summed E-state index contributed by atoms with van der Waals surface area (Å²) in [6.45, 7) is 8.27. The molecule has 2 amide bonds.